The van der Waals surface area contributed by atoms with E-state index in [0.717, 1.165) is 5.56 Å². The van der Waals surface area contributed by atoms with Crippen molar-refractivity contribution in [2.75, 3.05) is 13.7 Å². The first-order chi connectivity index (χ1) is 11.2. The third kappa shape index (κ3) is 5.33. The molecular weight excluding hydrogens is 290 g/mol. The van der Waals surface area contributed by atoms with Gasteiger partial charge in [-0.1, -0.05) is 42.5 Å². The van der Waals surface area contributed by atoms with Crippen LogP contribution in [0.1, 0.15) is 31.4 Å². The van der Waals surface area contributed by atoms with Crippen LogP contribution in [0.5, 0.6) is 11.5 Å². The molecule has 2 aromatic carbocycles. The second kappa shape index (κ2) is 8.83. The number of nitrogens with one attached hydrogen (secondary N) is 1. The molecule has 2 rings (SSSR count). The van der Waals surface area contributed by atoms with Gasteiger partial charge in [-0.15, -0.1) is 0 Å². The molecule has 0 spiro atoms. The van der Waals surface area contributed by atoms with Gasteiger partial charge in [-0.3, -0.25) is 4.79 Å². The molecule has 0 bridgehead atoms. The Balaban J connectivity index is 1.71. The number of ether oxygens (including phenoxy) is 2. The van der Waals surface area contributed by atoms with Crippen LogP contribution in [0.4, 0.5) is 0 Å². The molecule has 0 heterocycles. The average molecular weight is 313 g/mol. The molecule has 122 valence electrons. The van der Waals surface area contributed by atoms with E-state index in [1.807, 2.05) is 61.5 Å². The topological polar surface area (TPSA) is 47.6 Å². The van der Waals surface area contributed by atoms with E-state index < -0.39 is 0 Å². The van der Waals surface area contributed by atoms with Crippen LogP contribution in [-0.2, 0) is 4.79 Å². The molecule has 0 radical (unpaired) electrons. The second-order valence-electron chi connectivity index (χ2n) is 5.30. The van der Waals surface area contributed by atoms with Crippen molar-refractivity contribution >= 4 is 5.91 Å². The van der Waals surface area contributed by atoms with E-state index >= 15 is 0 Å². The Bertz CT molecular complexity index is 613. The molecule has 0 aliphatic heterocycles. The van der Waals surface area contributed by atoms with E-state index in [-0.39, 0.29) is 11.9 Å². The quantitative estimate of drug-likeness (QED) is 0.755. The van der Waals surface area contributed by atoms with E-state index in [1.54, 1.807) is 7.11 Å². The van der Waals surface area contributed by atoms with Gasteiger partial charge in [0.2, 0.25) is 5.91 Å². The van der Waals surface area contributed by atoms with E-state index in [0.29, 0.717) is 30.9 Å². The van der Waals surface area contributed by atoms with E-state index in [9.17, 15) is 4.79 Å². The van der Waals surface area contributed by atoms with Gasteiger partial charge in [-0.25, -0.2) is 0 Å². The van der Waals surface area contributed by atoms with Crippen LogP contribution in [0.25, 0.3) is 0 Å². The Morgan fingerprint density at radius 3 is 2.39 bits per heavy atom. The fourth-order valence-corrected chi connectivity index (χ4v) is 2.29. The molecule has 0 fully saturated rings. The van der Waals surface area contributed by atoms with Gasteiger partial charge >= 0.3 is 0 Å². The number of carbonyl (C=O) groups excluding carboxylic acids is 1. The van der Waals surface area contributed by atoms with Crippen LogP contribution in [0.3, 0.4) is 0 Å². The van der Waals surface area contributed by atoms with Crippen LogP contribution in [0, 0.1) is 0 Å². The zero-order chi connectivity index (χ0) is 16.5. The maximum absolute atomic E-state index is 12.0. The molecule has 1 amide bonds. The first kappa shape index (κ1) is 16.9. The lowest BCUT2D eigenvalue weighted by molar-refractivity contribution is -0.121. The number of rotatable bonds is 8. The maximum atomic E-state index is 12.0. The molecule has 0 aromatic heterocycles. The monoisotopic (exact) mass is 313 g/mol. The first-order valence-electron chi connectivity index (χ1n) is 7.81. The van der Waals surface area contributed by atoms with Crippen molar-refractivity contribution in [1.29, 1.82) is 0 Å². The molecular formula is C19H23NO3. The lowest BCUT2D eigenvalue weighted by Crippen LogP contribution is -2.26. The maximum Gasteiger partial charge on any atom is 0.220 e. The molecule has 0 saturated heterocycles. The van der Waals surface area contributed by atoms with Gasteiger partial charge < -0.3 is 14.8 Å². The predicted octanol–water partition coefficient (Wildman–Crippen LogP) is 3.73. The summed E-state index contributed by atoms with van der Waals surface area (Å²) in [5, 5.41) is 3.00. The Morgan fingerprint density at radius 1 is 1.04 bits per heavy atom. The van der Waals surface area contributed by atoms with Gasteiger partial charge in [0.05, 0.1) is 19.8 Å². The first-order valence-corrected chi connectivity index (χ1v) is 7.81. The SMILES string of the molecule is COc1ccccc1OCCCC(=O)N[C@H](C)c1ccccc1. The number of hydrogen-bond acceptors (Lipinski definition) is 3. The number of amides is 1. The second-order valence-corrected chi connectivity index (χ2v) is 5.30. The Hall–Kier alpha value is -2.49. The molecule has 0 aliphatic carbocycles. The highest BCUT2D eigenvalue weighted by atomic mass is 16.5. The highest BCUT2D eigenvalue weighted by Gasteiger charge is 2.09. The molecule has 1 N–H and O–H groups in total. The summed E-state index contributed by atoms with van der Waals surface area (Å²) in [4.78, 5) is 12.0. The van der Waals surface area contributed by atoms with Crippen molar-refractivity contribution in [2.24, 2.45) is 0 Å². The van der Waals surface area contributed by atoms with Gasteiger partial charge in [0.15, 0.2) is 11.5 Å². The number of para-hydroxylation sites is 2. The van der Waals surface area contributed by atoms with E-state index in [2.05, 4.69) is 5.32 Å². The Morgan fingerprint density at radius 2 is 1.70 bits per heavy atom. The van der Waals surface area contributed by atoms with E-state index in [1.165, 1.54) is 0 Å². The van der Waals surface area contributed by atoms with Crippen molar-refractivity contribution in [2.45, 2.75) is 25.8 Å². The number of methoxy groups -OCH3 is 1. The normalized spacial score (nSPS) is 11.6. The smallest absolute Gasteiger partial charge is 0.220 e. The van der Waals surface area contributed by atoms with E-state index in [4.69, 9.17) is 9.47 Å². The minimum absolute atomic E-state index is 0.0128. The fraction of sp³-hybridized carbons (Fsp3) is 0.316. The number of carbonyl (C=O) groups is 1. The van der Waals surface area contributed by atoms with Crippen LogP contribution in [0.15, 0.2) is 54.6 Å². The van der Waals surface area contributed by atoms with Crippen molar-refractivity contribution in [1.82, 2.24) is 5.32 Å². The molecule has 4 heteroatoms. The van der Waals surface area contributed by atoms with Gasteiger partial charge in [-0.05, 0) is 31.0 Å². The summed E-state index contributed by atoms with van der Waals surface area (Å²) in [6, 6.07) is 17.4. The highest BCUT2D eigenvalue weighted by molar-refractivity contribution is 5.76. The van der Waals surface area contributed by atoms with Gasteiger partial charge in [0, 0.05) is 6.42 Å². The molecule has 0 saturated carbocycles. The number of benzene rings is 2. The molecule has 0 aliphatic rings. The third-order valence-corrected chi connectivity index (χ3v) is 3.55. The van der Waals surface area contributed by atoms with Crippen molar-refractivity contribution < 1.29 is 14.3 Å². The molecule has 4 nitrogen and oxygen atoms in total. The van der Waals surface area contributed by atoms with Crippen molar-refractivity contribution in [3.63, 3.8) is 0 Å². The number of hydrogen-bond donors (Lipinski definition) is 1. The largest absolute Gasteiger partial charge is 0.493 e. The van der Waals surface area contributed by atoms with Crippen molar-refractivity contribution in [3.8, 4) is 11.5 Å². The fourth-order valence-electron chi connectivity index (χ4n) is 2.29. The van der Waals surface area contributed by atoms with Crippen LogP contribution in [0.2, 0.25) is 0 Å². The minimum atomic E-state index is 0.0128. The summed E-state index contributed by atoms with van der Waals surface area (Å²) < 4.78 is 10.9. The predicted molar refractivity (Wildman–Crippen MR) is 90.7 cm³/mol. The van der Waals surface area contributed by atoms with Crippen LogP contribution in [-0.4, -0.2) is 19.6 Å². The van der Waals surface area contributed by atoms with Gasteiger partial charge in [0.1, 0.15) is 0 Å². The lowest BCUT2D eigenvalue weighted by atomic mass is 10.1. The molecule has 23 heavy (non-hydrogen) atoms. The van der Waals surface area contributed by atoms with Gasteiger partial charge in [-0.2, -0.15) is 0 Å². The summed E-state index contributed by atoms with van der Waals surface area (Å²) in [6.07, 6.45) is 1.09. The van der Waals surface area contributed by atoms with Crippen molar-refractivity contribution in [3.05, 3.63) is 60.2 Å². The highest BCUT2D eigenvalue weighted by Crippen LogP contribution is 2.25. The summed E-state index contributed by atoms with van der Waals surface area (Å²) in [5.41, 5.74) is 1.10. The average Bonchev–Trinajstić information content (AvgIpc) is 2.59. The summed E-state index contributed by atoms with van der Waals surface area (Å²) in [5.74, 6) is 1.44. The molecule has 0 unspecified atom stereocenters. The lowest BCUT2D eigenvalue weighted by Gasteiger charge is -2.14. The van der Waals surface area contributed by atoms with Crippen LogP contribution < -0.4 is 14.8 Å². The summed E-state index contributed by atoms with van der Waals surface area (Å²) in [6.45, 7) is 2.46. The zero-order valence-corrected chi connectivity index (χ0v) is 13.6. The molecule has 1 atom stereocenters. The zero-order valence-electron chi connectivity index (χ0n) is 13.6. The minimum Gasteiger partial charge on any atom is -0.493 e. The third-order valence-electron chi connectivity index (χ3n) is 3.55. The Kier molecular flexibility index (Phi) is 6.48. The Labute approximate surface area is 137 Å². The van der Waals surface area contributed by atoms with Crippen LogP contribution >= 0.6 is 0 Å². The van der Waals surface area contributed by atoms with Gasteiger partial charge in [0.25, 0.3) is 0 Å². The molecule has 2 aromatic rings. The standard InChI is InChI=1S/C19H23NO3/c1-15(16-9-4-3-5-10-16)20-19(21)13-8-14-23-18-12-7-6-11-17(18)22-2/h3-7,9-12,15H,8,13-14H2,1-2H3,(H,20,21)/t15-/m1/s1. The summed E-state index contributed by atoms with van der Waals surface area (Å²) in [7, 11) is 1.61. The summed E-state index contributed by atoms with van der Waals surface area (Å²) >= 11 is 0.